The van der Waals surface area contributed by atoms with Crippen molar-refractivity contribution in [3.05, 3.63) is 28.2 Å². The van der Waals surface area contributed by atoms with Gasteiger partial charge in [-0.2, -0.15) is 0 Å². The van der Waals surface area contributed by atoms with E-state index in [1.54, 1.807) is 0 Å². The molecular weight excluding hydrogens is 312 g/mol. The van der Waals surface area contributed by atoms with Crippen molar-refractivity contribution in [1.82, 2.24) is 5.32 Å². The van der Waals surface area contributed by atoms with E-state index in [2.05, 4.69) is 79.0 Å². The molecule has 1 saturated heterocycles. The number of benzene rings is 1. The van der Waals surface area contributed by atoms with E-state index in [0.29, 0.717) is 12.1 Å². The molecule has 1 aromatic rings. The Morgan fingerprint density at radius 1 is 1.35 bits per heavy atom. The predicted molar refractivity (Wildman–Crippen MR) is 91.5 cm³/mol. The Bertz CT molecular complexity index is 465. The molecule has 2 unspecified atom stereocenters. The van der Waals surface area contributed by atoms with Gasteiger partial charge in [-0.3, -0.25) is 0 Å². The molecule has 0 bridgehead atoms. The average molecular weight is 339 g/mol. The Labute approximate surface area is 132 Å². The summed E-state index contributed by atoms with van der Waals surface area (Å²) in [6.07, 6.45) is 1.18. The van der Waals surface area contributed by atoms with Gasteiger partial charge >= 0.3 is 0 Å². The van der Waals surface area contributed by atoms with Crippen LogP contribution in [0.1, 0.15) is 39.7 Å². The molecule has 0 saturated carbocycles. The normalized spacial score (nSPS) is 24.0. The minimum absolute atomic E-state index is 0.289. The minimum atomic E-state index is 0.289. The average Bonchev–Trinajstić information content (AvgIpc) is 2.40. The highest BCUT2D eigenvalue weighted by atomic mass is 79.9. The van der Waals surface area contributed by atoms with Crippen LogP contribution in [0.3, 0.4) is 0 Å². The van der Waals surface area contributed by atoms with Gasteiger partial charge in [-0.15, -0.1) is 0 Å². The van der Waals surface area contributed by atoms with Gasteiger partial charge in [0.25, 0.3) is 0 Å². The number of hydrogen-bond donors (Lipinski definition) is 1. The number of halogens is 1. The van der Waals surface area contributed by atoms with Crippen molar-refractivity contribution in [1.29, 1.82) is 0 Å². The highest BCUT2D eigenvalue weighted by Crippen LogP contribution is 2.32. The van der Waals surface area contributed by atoms with Gasteiger partial charge in [-0.25, -0.2) is 0 Å². The van der Waals surface area contributed by atoms with Crippen LogP contribution >= 0.6 is 15.9 Å². The quantitative estimate of drug-likeness (QED) is 0.861. The molecule has 1 aliphatic rings. The van der Waals surface area contributed by atoms with Crippen LogP contribution in [0.15, 0.2) is 22.7 Å². The highest BCUT2D eigenvalue weighted by molar-refractivity contribution is 9.10. The third-order valence-electron chi connectivity index (χ3n) is 4.49. The summed E-state index contributed by atoms with van der Waals surface area (Å²) in [5, 5.41) is 3.74. The number of rotatable bonds is 2. The second-order valence-corrected chi connectivity index (χ2v) is 7.78. The lowest BCUT2D eigenvalue weighted by atomic mass is 9.84. The zero-order valence-corrected chi connectivity index (χ0v) is 14.9. The summed E-state index contributed by atoms with van der Waals surface area (Å²) in [7, 11) is 0. The van der Waals surface area contributed by atoms with Crippen molar-refractivity contribution in [2.75, 3.05) is 18.0 Å². The van der Waals surface area contributed by atoms with Crippen LogP contribution in [0, 0.1) is 12.3 Å². The van der Waals surface area contributed by atoms with E-state index in [4.69, 9.17) is 0 Å². The first-order valence-corrected chi connectivity index (χ1v) is 8.39. The zero-order valence-electron chi connectivity index (χ0n) is 13.3. The van der Waals surface area contributed by atoms with Gasteiger partial charge in [0.05, 0.1) is 0 Å². The first kappa shape index (κ1) is 15.8. The molecule has 1 aliphatic heterocycles. The number of nitrogens with one attached hydrogen (secondary N) is 1. The Morgan fingerprint density at radius 3 is 2.65 bits per heavy atom. The molecule has 112 valence electrons. The second kappa shape index (κ2) is 6.07. The van der Waals surface area contributed by atoms with Crippen molar-refractivity contribution in [3.8, 4) is 0 Å². The lowest BCUT2D eigenvalue weighted by Crippen LogP contribution is -2.60. The van der Waals surface area contributed by atoms with Crippen LogP contribution in [0.5, 0.6) is 0 Å². The number of piperazine rings is 1. The van der Waals surface area contributed by atoms with Gasteiger partial charge < -0.3 is 10.2 Å². The van der Waals surface area contributed by atoms with Crippen LogP contribution in [0.4, 0.5) is 5.69 Å². The van der Waals surface area contributed by atoms with E-state index >= 15 is 0 Å². The molecule has 2 rings (SSSR count). The number of anilines is 1. The standard InChI is InChI=1S/C17H27BrN2/c1-6-13-10-19-16(17(3,4)5)11-20(13)15-9-7-8-14(18)12(15)2/h7-9,13,16,19H,6,10-11H2,1-5H3. The van der Waals surface area contributed by atoms with Crippen LogP contribution in [0.25, 0.3) is 0 Å². The molecule has 0 aromatic heterocycles. The van der Waals surface area contributed by atoms with E-state index in [-0.39, 0.29) is 5.41 Å². The number of nitrogens with zero attached hydrogens (tertiary/aromatic N) is 1. The van der Waals surface area contributed by atoms with Gasteiger partial charge in [0, 0.05) is 35.3 Å². The van der Waals surface area contributed by atoms with Crippen molar-refractivity contribution >= 4 is 21.6 Å². The molecule has 0 aliphatic carbocycles. The van der Waals surface area contributed by atoms with E-state index in [0.717, 1.165) is 13.1 Å². The summed E-state index contributed by atoms with van der Waals surface area (Å²) in [4.78, 5) is 2.60. The maximum atomic E-state index is 3.74. The smallest absolute Gasteiger partial charge is 0.0412 e. The summed E-state index contributed by atoms with van der Waals surface area (Å²) in [5.74, 6) is 0. The summed E-state index contributed by atoms with van der Waals surface area (Å²) in [6, 6.07) is 7.65. The van der Waals surface area contributed by atoms with Crippen LogP contribution in [-0.4, -0.2) is 25.2 Å². The monoisotopic (exact) mass is 338 g/mol. The lowest BCUT2D eigenvalue weighted by molar-refractivity contribution is 0.233. The zero-order chi connectivity index (χ0) is 14.9. The lowest BCUT2D eigenvalue weighted by Gasteiger charge is -2.46. The molecule has 1 N–H and O–H groups in total. The molecule has 20 heavy (non-hydrogen) atoms. The molecule has 1 fully saturated rings. The number of hydrogen-bond acceptors (Lipinski definition) is 2. The molecule has 2 atom stereocenters. The van der Waals surface area contributed by atoms with Crippen molar-refractivity contribution in [2.24, 2.45) is 5.41 Å². The van der Waals surface area contributed by atoms with E-state index in [9.17, 15) is 0 Å². The topological polar surface area (TPSA) is 15.3 Å². The molecule has 1 heterocycles. The first-order valence-electron chi connectivity index (χ1n) is 7.59. The molecular formula is C17H27BrN2. The molecule has 3 heteroatoms. The maximum absolute atomic E-state index is 3.74. The fourth-order valence-electron chi connectivity index (χ4n) is 2.95. The van der Waals surface area contributed by atoms with Gasteiger partial charge in [-0.1, -0.05) is 49.7 Å². The van der Waals surface area contributed by atoms with Gasteiger partial charge in [0.1, 0.15) is 0 Å². The molecule has 0 radical (unpaired) electrons. The predicted octanol–water partition coefficient (Wildman–Crippen LogP) is 4.36. The first-order chi connectivity index (χ1) is 9.34. The molecule has 1 aromatic carbocycles. The fourth-order valence-corrected chi connectivity index (χ4v) is 3.30. The Morgan fingerprint density at radius 2 is 2.05 bits per heavy atom. The van der Waals surface area contributed by atoms with Crippen LogP contribution in [-0.2, 0) is 0 Å². The SMILES string of the molecule is CCC1CNC(C(C)(C)C)CN1c1cccc(Br)c1C. The maximum Gasteiger partial charge on any atom is 0.0412 e. The van der Waals surface area contributed by atoms with Gasteiger partial charge in [0.15, 0.2) is 0 Å². The molecule has 2 nitrogen and oxygen atoms in total. The summed E-state index contributed by atoms with van der Waals surface area (Å²) in [6.45, 7) is 13.6. The molecule has 0 spiro atoms. The Hall–Kier alpha value is -0.540. The minimum Gasteiger partial charge on any atom is -0.365 e. The third-order valence-corrected chi connectivity index (χ3v) is 5.34. The third kappa shape index (κ3) is 3.20. The summed E-state index contributed by atoms with van der Waals surface area (Å²) < 4.78 is 1.20. The molecule has 0 amide bonds. The van der Waals surface area contributed by atoms with Crippen LogP contribution in [0.2, 0.25) is 0 Å². The fraction of sp³-hybridized carbons (Fsp3) is 0.647. The van der Waals surface area contributed by atoms with E-state index in [1.807, 2.05) is 0 Å². The largest absolute Gasteiger partial charge is 0.365 e. The Balaban J connectivity index is 2.32. The van der Waals surface area contributed by atoms with Gasteiger partial charge in [-0.05, 0) is 36.5 Å². The van der Waals surface area contributed by atoms with Gasteiger partial charge in [0.2, 0.25) is 0 Å². The van der Waals surface area contributed by atoms with Crippen LogP contribution < -0.4 is 10.2 Å². The second-order valence-electron chi connectivity index (χ2n) is 6.93. The Kier molecular flexibility index (Phi) is 4.80. The van der Waals surface area contributed by atoms with Crippen molar-refractivity contribution in [2.45, 2.75) is 53.1 Å². The highest BCUT2D eigenvalue weighted by Gasteiger charge is 2.34. The summed E-state index contributed by atoms with van der Waals surface area (Å²) >= 11 is 3.67. The summed E-state index contributed by atoms with van der Waals surface area (Å²) in [5.41, 5.74) is 3.01. The van der Waals surface area contributed by atoms with Crippen molar-refractivity contribution < 1.29 is 0 Å². The van der Waals surface area contributed by atoms with E-state index < -0.39 is 0 Å². The van der Waals surface area contributed by atoms with E-state index in [1.165, 1.54) is 22.1 Å². The van der Waals surface area contributed by atoms with Crippen molar-refractivity contribution in [3.63, 3.8) is 0 Å².